The number of hydrogen-bond donors (Lipinski definition) is 2. The molecule has 1 aromatic carbocycles. The fourth-order valence-corrected chi connectivity index (χ4v) is 4.12. The van der Waals surface area contributed by atoms with E-state index >= 15 is 0 Å². The Hall–Kier alpha value is -3.01. The molecule has 2 atom stereocenters. The van der Waals surface area contributed by atoms with E-state index in [1.807, 2.05) is 0 Å². The van der Waals surface area contributed by atoms with Gasteiger partial charge in [0.05, 0.1) is 23.2 Å². The largest absolute Gasteiger partial charge is 0.309 e. The highest BCUT2D eigenvalue weighted by Crippen LogP contribution is 2.40. The first-order chi connectivity index (χ1) is 14.0. The maximum atomic E-state index is 14.6. The molecule has 1 aliphatic rings. The average molecular weight is 417 g/mol. The van der Waals surface area contributed by atoms with Crippen molar-refractivity contribution < 1.29 is 18.0 Å². The second-order valence-electron chi connectivity index (χ2n) is 6.85. The first-order valence-electron chi connectivity index (χ1n) is 8.80. The number of nitrogens with one attached hydrogen (secondary N) is 2. The SMILES string of the molecule is CSc1c(F)c(F)c2[nH]ncc2c1-c1ccc2nc(NC(=O)C3CC3F)cn2c1. The van der Waals surface area contributed by atoms with Crippen molar-refractivity contribution >= 4 is 40.0 Å². The minimum atomic E-state index is -1.09. The molecule has 1 aliphatic carbocycles. The molecule has 10 heteroatoms. The highest BCUT2D eigenvalue weighted by Gasteiger charge is 2.43. The van der Waals surface area contributed by atoms with Gasteiger partial charge in [-0.25, -0.2) is 18.2 Å². The molecule has 148 valence electrons. The van der Waals surface area contributed by atoms with E-state index in [0.717, 1.165) is 11.8 Å². The van der Waals surface area contributed by atoms with E-state index in [4.69, 9.17) is 0 Å². The van der Waals surface area contributed by atoms with Gasteiger partial charge < -0.3 is 9.72 Å². The van der Waals surface area contributed by atoms with Crippen molar-refractivity contribution in [1.82, 2.24) is 19.6 Å². The number of hydrogen-bond acceptors (Lipinski definition) is 4. The molecule has 5 rings (SSSR count). The summed E-state index contributed by atoms with van der Waals surface area (Å²) < 4.78 is 43.6. The molecule has 2 N–H and O–H groups in total. The van der Waals surface area contributed by atoms with Gasteiger partial charge in [-0.1, -0.05) is 0 Å². The van der Waals surface area contributed by atoms with Crippen LogP contribution in [0.25, 0.3) is 27.7 Å². The number of aromatic amines is 1. The van der Waals surface area contributed by atoms with Gasteiger partial charge in [0.25, 0.3) is 0 Å². The number of H-pyrrole nitrogens is 1. The molecule has 29 heavy (non-hydrogen) atoms. The lowest BCUT2D eigenvalue weighted by Crippen LogP contribution is -2.15. The van der Waals surface area contributed by atoms with Crippen molar-refractivity contribution in [2.24, 2.45) is 5.92 Å². The second kappa shape index (κ2) is 6.51. The first-order valence-corrected chi connectivity index (χ1v) is 10.0. The van der Waals surface area contributed by atoms with Gasteiger partial charge in [-0.05, 0) is 24.8 Å². The van der Waals surface area contributed by atoms with E-state index in [2.05, 4.69) is 20.5 Å². The van der Waals surface area contributed by atoms with Gasteiger partial charge in [-0.15, -0.1) is 11.8 Å². The van der Waals surface area contributed by atoms with Crippen molar-refractivity contribution in [2.75, 3.05) is 11.6 Å². The molecule has 4 aromatic rings. The topological polar surface area (TPSA) is 75.1 Å². The second-order valence-corrected chi connectivity index (χ2v) is 7.67. The third-order valence-corrected chi connectivity index (χ3v) is 5.78. The Morgan fingerprint density at radius 3 is 2.83 bits per heavy atom. The van der Waals surface area contributed by atoms with Crippen LogP contribution in [0, 0.1) is 17.6 Å². The number of nitrogens with zero attached hydrogens (tertiary/aromatic N) is 3. The normalized spacial score (nSPS) is 18.5. The number of benzene rings is 1. The summed E-state index contributed by atoms with van der Waals surface area (Å²) in [6.45, 7) is 0. The van der Waals surface area contributed by atoms with Crippen LogP contribution in [0.5, 0.6) is 0 Å². The van der Waals surface area contributed by atoms with Crippen LogP contribution in [-0.2, 0) is 4.79 Å². The Morgan fingerprint density at radius 2 is 2.10 bits per heavy atom. The van der Waals surface area contributed by atoms with E-state index in [-0.39, 0.29) is 16.8 Å². The number of thioether (sulfide) groups is 1. The van der Waals surface area contributed by atoms with E-state index in [9.17, 15) is 18.0 Å². The number of pyridine rings is 1. The summed E-state index contributed by atoms with van der Waals surface area (Å²) in [4.78, 5) is 16.4. The van der Waals surface area contributed by atoms with Crippen LogP contribution in [0.3, 0.4) is 0 Å². The van der Waals surface area contributed by atoms with Crippen molar-refractivity contribution in [3.05, 3.63) is 42.4 Å². The zero-order chi connectivity index (χ0) is 20.3. The van der Waals surface area contributed by atoms with Crippen LogP contribution >= 0.6 is 11.8 Å². The standard InChI is InChI=1S/C19H14F3N5OS/c1-29-18-14(10-5-23-26-17(10)15(21)16(18)22)8-2-3-13-24-12(7-27(13)6-8)25-19(28)9-4-11(9)20/h2-3,5-7,9,11H,4H2,1H3,(H,23,26)(H,25,28). The molecule has 1 fully saturated rings. The molecule has 1 amide bonds. The number of fused-ring (bicyclic) bond motifs is 2. The molecule has 0 bridgehead atoms. The predicted molar refractivity (Wildman–Crippen MR) is 104 cm³/mol. The molecule has 0 spiro atoms. The Bertz CT molecular complexity index is 1280. The fraction of sp³-hybridized carbons (Fsp3) is 0.211. The molecular formula is C19H14F3N5OS. The predicted octanol–water partition coefficient (Wildman–Crippen LogP) is 4.17. The molecule has 3 aromatic heterocycles. The smallest absolute Gasteiger partial charge is 0.231 e. The first kappa shape index (κ1) is 18.0. The molecule has 2 unspecified atom stereocenters. The van der Waals surface area contributed by atoms with Crippen LogP contribution < -0.4 is 5.32 Å². The number of halogens is 3. The monoisotopic (exact) mass is 417 g/mol. The highest BCUT2D eigenvalue weighted by atomic mass is 32.2. The number of carbonyl (C=O) groups is 1. The Morgan fingerprint density at radius 1 is 1.31 bits per heavy atom. The quantitative estimate of drug-likeness (QED) is 0.489. The van der Waals surface area contributed by atoms with Crippen LogP contribution in [0.4, 0.5) is 19.0 Å². The van der Waals surface area contributed by atoms with Gasteiger partial charge in [0, 0.05) is 22.7 Å². The summed E-state index contributed by atoms with van der Waals surface area (Å²) in [6.07, 6.45) is 5.59. The molecule has 6 nitrogen and oxygen atoms in total. The zero-order valence-corrected chi connectivity index (χ0v) is 15.9. The number of anilines is 1. The van der Waals surface area contributed by atoms with Crippen molar-refractivity contribution in [1.29, 1.82) is 0 Å². The molecule has 1 saturated carbocycles. The van der Waals surface area contributed by atoms with Gasteiger partial charge in [-0.3, -0.25) is 9.89 Å². The van der Waals surface area contributed by atoms with Gasteiger partial charge in [0.1, 0.15) is 17.3 Å². The zero-order valence-electron chi connectivity index (χ0n) is 15.0. The summed E-state index contributed by atoms with van der Waals surface area (Å²) >= 11 is 1.10. The lowest BCUT2D eigenvalue weighted by molar-refractivity contribution is -0.117. The van der Waals surface area contributed by atoms with Crippen molar-refractivity contribution in [3.63, 3.8) is 0 Å². The van der Waals surface area contributed by atoms with E-state index in [1.165, 1.54) is 6.20 Å². The molecule has 0 saturated heterocycles. The molecular weight excluding hydrogens is 403 g/mol. The number of amides is 1. The number of rotatable bonds is 4. The number of aromatic nitrogens is 4. The maximum absolute atomic E-state index is 14.6. The fourth-order valence-electron chi connectivity index (χ4n) is 3.42. The van der Waals surface area contributed by atoms with Gasteiger partial charge >= 0.3 is 0 Å². The van der Waals surface area contributed by atoms with Crippen LogP contribution in [0.1, 0.15) is 6.42 Å². The third-order valence-electron chi connectivity index (χ3n) is 4.99. The maximum Gasteiger partial charge on any atom is 0.231 e. The van der Waals surface area contributed by atoms with Crippen LogP contribution in [0.15, 0.2) is 35.6 Å². The third kappa shape index (κ3) is 2.86. The summed E-state index contributed by atoms with van der Waals surface area (Å²) in [5.41, 5.74) is 1.69. The number of imidazole rings is 1. The molecule has 0 radical (unpaired) electrons. The summed E-state index contributed by atoms with van der Waals surface area (Å²) in [5.74, 6) is -2.61. The van der Waals surface area contributed by atoms with E-state index < -0.39 is 29.6 Å². The molecule has 3 heterocycles. The highest BCUT2D eigenvalue weighted by molar-refractivity contribution is 7.98. The van der Waals surface area contributed by atoms with Crippen LogP contribution in [0.2, 0.25) is 0 Å². The number of carbonyl (C=O) groups excluding carboxylic acids is 1. The Balaban J connectivity index is 1.60. The van der Waals surface area contributed by atoms with Gasteiger partial charge in [0.2, 0.25) is 5.91 Å². The number of alkyl halides is 1. The van der Waals surface area contributed by atoms with Gasteiger partial charge in [-0.2, -0.15) is 5.10 Å². The lowest BCUT2D eigenvalue weighted by Gasteiger charge is -2.12. The minimum absolute atomic E-state index is 0.000750. The average Bonchev–Trinajstić information content (AvgIpc) is 3.09. The summed E-state index contributed by atoms with van der Waals surface area (Å²) in [6, 6.07) is 3.45. The Labute approximate surface area is 166 Å². The summed E-state index contributed by atoms with van der Waals surface area (Å²) in [5, 5.41) is 9.43. The van der Waals surface area contributed by atoms with Gasteiger partial charge in [0.15, 0.2) is 17.5 Å². The van der Waals surface area contributed by atoms with Crippen molar-refractivity contribution in [3.8, 4) is 11.1 Å². The van der Waals surface area contributed by atoms with E-state index in [1.54, 1.807) is 35.2 Å². The van der Waals surface area contributed by atoms with Crippen molar-refractivity contribution in [2.45, 2.75) is 17.5 Å². The minimum Gasteiger partial charge on any atom is -0.309 e. The summed E-state index contributed by atoms with van der Waals surface area (Å²) in [7, 11) is 0. The Kier molecular flexibility index (Phi) is 4.05. The lowest BCUT2D eigenvalue weighted by atomic mass is 10.0. The van der Waals surface area contributed by atoms with Crippen LogP contribution in [-0.4, -0.2) is 37.9 Å². The molecule has 0 aliphatic heterocycles. The van der Waals surface area contributed by atoms with E-state index in [0.29, 0.717) is 28.0 Å².